The van der Waals surface area contributed by atoms with E-state index in [4.69, 9.17) is 10.8 Å². The Labute approximate surface area is 63.6 Å². The Bertz CT molecular complexity index is 172. The van der Waals surface area contributed by atoms with Crippen molar-refractivity contribution in [3.05, 3.63) is 0 Å². The molecule has 0 unspecified atom stereocenters. The van der Waals surface area contributed by atoms with Gasteiger partial charge in [-0.05, 0) is 12.8 Å². The van der Waals surface area contributed by atoms with Crippen molar-refractivity contribution < 1.29 is 14.7 Å². The molecule has 0 bridgehead atoms. The molecule has 62 valence electrons. The van der Waals surface area contributed by atoms with Crippen molar-refractivity contribution in [2.75, 3.05) is 0 Å². The zero-order valence-electron chi connectivity index (χ0n) is 5.91. The summed E-state index contributed by atoms with van der Waals surface area (Å²) in [7, 11) is 0. The van der Waals surface area contributed by atoms with Crippen LogP contribution in [-0.2, 0) is 9.59 Å². The highest BCUT2D eigenvalue weighted by atomic mass is 16.4. The predicted octanol–water partition coefficient (Wildman–Crippen LogP) is -1.32. The number of carboxylic acid groups (broad SMARTS) is 1. The average Bonchev–Trinajstić information content (AvgIpc) is 2.33. The Morgan fingerprint density at radius 3 is 2.18 bits per heavy atom. The Morgan fingerprint density at radius 2 is 1.91 bits per heavy atom. The largest absolute Gasteiger partial charge is 0.480 e. The number of rotatable bonds is 2. The van der Waals surface area contributed by atoms with Crippen LogP contribution in [0, 0.1) is 0 Å². The van der Waals surface area contributed by atoms with Crippen LogP contribution in [0.5, 0.6) is 0 Å². The molecule has 0 radical (unpaired) electrons. The summed E-state index contributed by atoms with van der Waals surface area (Å²) in [6.07, 6.45) is 0.995. The van der Waals surface area contributed by atoms with E-state index in [1.165, 1.54) is 0 Å². The molecule has 1 aliphatic heterocycles. The lowest BCUT2D eigenvalue weighted by molar-refractivity contribution is -0.139. The van der Waals surface area contributed by atoms with Crippen molar-refractivity contribution in [1.29, 1.82) is 0 Å². The van der Waals surface area contributed by atoms with Crippen LogP contribution in [0.3, 0.4) is 0 Å². The van der Waals surface area contributed by atoms with Crippen LogP contribution >= 0.6 is 0 Å². The number of primary amides is 1. The molecule has 1 amide bonds. The molecule has 0 aromatic carbocycles. The van der Waals surface area contributed by atoms with Gasteiger partial charge in [0, 0.05) is 0 Å². The third-order valence-corrected chi connectivity index (χ3v) is 1.79. The fourth-order valence-electron chi connectivity index (χ4n) is 1.16. The van der Waals surface area contributed by atoms with Gasteiger partial charge >= 0.3 is 5.97 Å². The van der Waals surface area contributed by atoms with Gasteiger partial charge in [0.15, 0.2) is 0 Å². The highest BCUT2D eigenvalue weighted by Crippen LogP contribution is 2.11. The van der Waals surface area contributed by atoms with Gasteiger partial charge in [-0.1, -0.05) is 0 Å². The van der Waals surface area contributed by atoms with Crippen LogP contribution in [0.15, 0.2) is 0 Å². The number of hydrogen-bond donors (Lipinski definition) is 3. The standard InChI is InChI=1S/C6H10N2O3/c7-5(9)3-1-2-4(8-3)6(10)11/h3-4,8H,1-2H2,(H2,7,9)(H,10,11)/t3-,4+/m0/s1. The van der Waals surface area contributed by atoms with Crippen LogP contribution in [-0.4, -0.2) is 29.1 Å². The molecule has 2 atom stereocenters. The number of amides is 1. The highest BCUT2D eigenvalue weighted by molar-refractivity contribution is 5.82. The summed E-state index contributed by atoms with van der Waals surface area (Å²) in [5, 5.41) is 11.1. The van der Waals surface area contributed by atoms with Gasteiger partial charge in [0.2, 0.25) is 5.91 Å². The van der Waals surface area contributed by atoms with Crippen molar-refractivity contribution in [3.63, 3.8) is 0 Å². The van der Waals surface area contributed by atoms with Gasteiger partial charge in [-0.2, -0.15) is 0 Å². The fraction of sp³-hybridized carbons (Fsp3) is 0.667. The second-order valence-electron chi connectivity index (χ2n) is 2.59. The lowest BCUT2D eigenvalue weighted by Crippen LogP contribution is -2.42. The van der Waals surface area contributed by atoms with E-state index in [9.17, 15) is 9.59 Å². The summed E-state index contributed by atoms with van der Waals surface area (Å²) in [6.45, 7) is 0. The van der Waals surface area contributed by atoms with E-state index in [0.29, 0.717) is 12.8 Å². The van der Waals surface area contributed by atoms with Crippen LogP contribution in [0.1, 0.15) is 12.8 Å². The van der Waals surface area contributed by atoms with E-state index < -0.39 is 24.0 Å². The summed E-state index contributed by atoms with van der Waals surface area (Å²) in [6, 6.07) is -1.07. The van der Waals surface area contributed by atoms with E-state index in [1.54, 1.807) is 0 Å². The number of nitrogens with two attached hydrogens (primary N) is 1. The maximum atomic E-state index is 10.5. The Kier molecular flexibility index (Phi) is 2.09. The monoisotopic (exact) mass is 158 g/mol. The molecule has 1 saturated heterocycles. The molecule has 1 fully saturated rings. The van der Waals surface area contributed by atoms with Crippen molar-refractivity contribution in [3.8, 4) is 0 Å². The maximum Gasteiger partial charge on any atom is 0.320 e. The Hall–Kier alpha value is -1.10. The second-order valence-corrected chi connectivity index (χ2v) is 2.59. The molecular formula is C6H10N2O3. The van der Waals surface area contributed by atoms with Gasteiger partial charge in [-0.15, -0.1) is 0 Å². The predicted molar refractivity (Wildman–Crippen MR) is 36.8 cm³/mol. The molecule has 0 aliphatic carbocycles. The normalized spacial score (nSPS) is 30.2. The lowest BCUT2D eigenvalue weighted by Gasteiger charge is -2.06. The van der Waals surface area contributed by atoms with Gasteiger partial charge in [0.1, 0.15) is 6.04 Å². The molecular weight excluding hydrogens is 148 g/mol. The minimum Gasteiger partial charge on any atom is -0.480 e. The maximum absolute atomic E-state index is 10.5. The highest BCUT2D eigenvalue weighted by Gasteiger charge is 2.31. The first kappa shape index (κ1) is 8.00. The first-order valence-electron chi connectivity index (χ1n) is 3.39. The second kappa shape index (κ2) is 2.87. The molecule has 0 spiro atoms. The number of carboxylic acids is 1. The molecule has 0 aromatic heterocycles. The molecule has 0 saturated carbocycles. The van der Waals surface area contributed by atoms with Crippen LogP contribution < -0.4 is 11.1 Å². The smallest absolute Gasteiger partial charge is 0.320 e. The Balaban J connectivity index is 2.47. The number of nitrogens with one attached hydrogen (secondary N) is 1. The number of carbonyl (C=O) groups is 2. The van der Waals surface area contributed by atoms with E-state index in [0.717, 1.165) is 0 Å². The van der Waals surface area contributed by atoms with Crippen molar-refractivity contribution in [1.82, 2.24) is 5.32 Å². The van der Waals surface area contributed by atoms with Gasteiger partial charge < -0.3 is 10.8 Å². The van der Waals surface area contributed by atoms with Gasteiger partial charge in [0.05, 0.1) is 6.04 Å². The topological polar surface area (TPSA) is 92.4 Å². The zero-order chi connectivity index (χ0) is 8.43. The summed E-state index contributed by atoms with van der Waals surface area (Å²) >= 11 is 0. The summed E-state index contributed by atoms with van der Waals surface area (Å²) in [4.78, 5) is 20.9. The summed E-state index contributed by atoms with van der Waals surface area (Å²) in [5.41, 5.74) is 4.97. The van der Waals surface area contributed by atoms with E-state index >= 15 is 0 Å². The van der Waals surface area contributed by atoms with Crippen LogP contribution in [0.2, 0.25) is 0 Å². The van der Waals surface area contributed by atoms with Crippen molar-refractivity contribution in [2.24, 2.45) is 5.73 Å². The van der Waals surface area contributed by atoms with Crippen molar-refractivity contribution >= 4 is 11.9 Å². The average molecular weight is 158 g/mol. The number of hydrogen-bond acceptors (Lipinski definition) is 3. The summed E-state index contributed by atoms with van der Waals surface area (Å²) in [5.74, 6) is -1.40. The molecule has 0 aromatic rings. The van der Waals surface area contributed by atoms with E-state index in [-0.39, 0.29) is 0 Å². The SMILES string of the molecule is NC(=O)[C@@H]1CC[C@H](C(=O)O)N1. The summed E-state index contributed by atoms with van der Waals surface area (Å²) < 4.78 is 0. The number of aliphatic carboxylic acids is 1. The fourth-order valence-corrected chi connectivity index (χ4v) is 1.16. The van der Waals surface area contributed by atoms with Gasteiger partial charge in [-0.25, -0.2) is 0 Å². The third kappa shape index (κ3) is 1.68. The molecule has 11 heavy (non-hydrogen) atoms. The van der Waals surface area contributed by atoms with Crippen LogP contribution in [0.4, 0.5) is 0 Å². The zero-order valence-corrected chi connectivity index (χ0v) is 5.91. The molecule has 1 rings (SSSR count). The molecule has 1 aliphatic rings. The van der Waals surface area contributed by atoms with Gasteiger partial charge in [-0.3, -0.25) is 14.9 Å². The van der Waals surface area contributed by atoms with Gasteiger partial charge in [0.25, 0.3) is 0 Å². The minimum atomic E-state index is -0.922. The lowest BCUT2D eigenvalue weighted by atomic mass is 10.2. The van der Waals surface area contributed by atoms with E-state index in [1.807, 2.05) is 0 Å². The van der Waals surface area contributed by atoms with Crippen molar-refractivity contribution in [2.45, 2.75) is 24.9 Å². The number of carbonyl (C=O) groups excluding carboxylic acids is 1. The quantitative estimate of drug-likeness (QED) is 0.464. The molecule has 4 N–H and O–H groups in total. The Morgan fingerprint density at radius 1 is 1.36 bits per heavy atom. The first-order valence-corrected chi connectivity index (χ1v) is 3.39. The molecule has 5 nitrogen and oxygen atoms in total. The molecule has 1 heterocycles. The third-order valence-electron chi connectivity index (χ3n) is 1.79. The van der Waals surface area contributed by atoms with Crippen LogP contribution in [0.25, 0.3) is 0 Å². The van der Waals surface area contributed by atoms with E-state index in [2.05, 4.69) is 5.32 Å². The first-order chi connectivity index (χ1) is 5.11. The molecule has 5 heteroatoms. The minimum absolute atomic E-state index is 0.462.